The summed E-state index contributed by atoms with van der Waals surface area (Å²) >= 11 is 0. The molecule has 0 aliphatic rings. The van der Waals surface area contributed by atoms with Gasteiger partial charge in [-0.1, -0.05) is 65.2 Å². The van der Waals surface area contributed by atoms with E-state index in [1.807, 2.05) is 0 Å². The Balaban J connectivity index is 3.04. The van der Waals surface area contributed by atoms with Gasteiger partial charge in [-0.3, -0.25) is 0 Å². The summed E-state index contributed by atoms with van der Waals surface area (Å²) in [6.07, 6.45) is 14.5. The first-order valence-electron chi connectivity index (χ1n) is 8.22. The highest BCUT2D eigenvalue weighted by Gasteiger charge is 2.04. The van der Waals surface area contributed by atoms with E-state index in [4.69, 9.17) is 0 Å². The number of unbranched alkanes of at least 4 members (excludes halogenated alkanes) is 8. The van der Waals surface area contributed by atoms with Crippen LogP contribution in [0.3, 0.4) is 0 Å². The number of rotatable bonds is 12. The zero-order valence-electron chi connectivity index (χ0n) is 13.8. The molecule has 1 heteroatoms. The van der Waals surface area contributed by atoms with Gasteiger partial charge < -0.3 is 4.48 Å². The van der Waals surface area contributed by atoms with Crippen molar-refractivity contribution in [2.45, 2.75) is 78.1 Å². The van der Waals surface area contributed by atoms with Crippen LogP contribution in [0, 0.1) is 5.92 Å². The molecule has 0 aliphatic carbocycles. The maximum atomic E-state index is 2.33. The Morgan fingerprint density at radius 2 is 1.00 bits per heavy atom. The predicted molar refractivity (Wildman–Crippen MR) is 83.9 cm³/mol. The lowest BCUT2D eigenvalue weighted by Crippen LogP contribution is -2.35. The second-order valence-corrected chi connectivity index (χ2v) is 7.38. The van der Waals surface area contributed by atoms with Crippen molar-refractivity contribution < 1.29 is 4.48 Å². The van der Waals surface area contributed by atoms with Crippen LogP contribution < -0.4 is 0 Å². The molecule has 0 bridgehead atoms. The average molecular weight is 256 g/mol. The lowest BCUT2D eigenvalue weighted by atomic mass is 10.0. The second kappa shape index (κ2) is 10.8. The van der Waals surface area contributed by atoms with E-state index in [1.54, 1.807) is 0 Å². The molecule has 18 heavy (non-hydrogen) atoms. The first-order valence-corrected chi connectivity index (χ1v) is 8.22. The van der Waals surface area contributed by atoms with Gasteiger partial charge in [0, 0.05) is 0 Å². The van der Waals surface area contributed by atoms with Gasteiger partial charge in [0.15, 0.2) is 0 Å². The lowest BCUT2D eigenvalue weighted by molar-refractivity contribution is -0.870. The summed E-state index contributed by atoms with van der Waals surface area (Å²) in [5, 5.41) is 0. The fourth-order valence-electron chi connectivity index (χ4n) is 2.38. The van der Waals surface area contributed by atoms with Crippen LogP contribution in [0.4, 0.5) is 0 Å². The Kier molecular flexibility index (Phi) is 10.8. The molecule has 110 valence electrons. The summed E-state index contributed by atoms with van der Waals surface area (Å²) in [5.74, 6) is 0.895. The van der Waals surface area contributed by atoms with E-state index in [9.17, 15) is 0 Å². The molecule has 0 saturated carbocycles. The number of nitrogens with zero attached hydrogens (tertiary/aromatic N) is 1. The highest BCUT2D eigenvalue weighted by molar-refractivity contribution is 4.49. The van der Waals surface area contributed by atoms with E-state index in [1.165, 1.54) is 70.8 Å². The first kappa shape index (κ1) is 18.0. The van der Waals surface area contributed by atoms with E-state index in [2.05, 4.69) is 35.0 Å². The van der Waals surface area contributed by atoms with E-state index in [0.717, 1.165) is 10.4 Å². The normalized spacial score (nSPS) is 12.3. The molecule has 0 rings (SSSR count). The van der Waals surface area contributed by atoms with Crippen molar-refractivity contribution >= 4 is 0 Å². The summed E-state index contributed by atoms with van der Waals surface area (Å²) in [4.78, 5) is 0. The fraction of sp³-hybridized carbons (Fsp3) is 1.00. The summed E-state index contributed by atoms with van der Waals surface area (Å²) in [7, 11) is 6.87. The molecule has 0 radical (unpaired) electrons. The van der Waals surface area contributed by atoms with Crippen LogP contribution in [0.5, 0.6) is 0 Å². The van der Waals surface area contributed by atoms with Gasteiger partial charge in [0.25, 0.3) is 0 Å². The van der Waals surface area contributed by atoms with Crippen molar-refractivity contribution in [1.82, 2.24) is 0 Å². The number of quaternary nitrogens is 1. The molecule has 0 fully saturated rings. The summed E-state index contributed by atoms with van der Waals surface area (Å²) < 4.78 is 1.12. The Morgan fingerprint density at radius 1 is 0.611 bits per heavy atom. The third-order valence-electron chi connectivity index (χ3n) is 3.61. The molecule has 0 aromatic rings. The molecule has 0 saturated heterocycles. The Labute approximate surface area is 117 Å². The van der Waals surface area contributed by atoms with Gasteiger partial charge in [0.05, 0.1) is 27.7 Å². The van der Waals surface area contributed by atoms with Crippen LogP contribution in [0.25, 0.3) is 0 Å². The van der Waals surface area contributed by atoms with Crippen LogP contribution in [0.2, 0.25) is 0 Å². The maximum Gasteiger partial charge on any atom is 0.0780 e. The Hall–Kier alpha value is -0.0400. The van der Waals surface area contributed by atoms with Gasteiger partial charge in [0.1, 0.15) is 0 Å². The number of hydrogen-bond donors (Lipinski definition) is 0. The minimum Gasteiger partial charge on any atom is -0.331 e. The highest BCUT2D eigenvalue weighted by atomic mass is 15.3. The minimum absolute atomic E-state index is 0.895. The predicted octanol–water partition coefficient (Wildman–Crippen LogP) is 5.25. The van der Waals surface area contributed by atoms with Crippen LogP contribution in [0.1, 0.15) is 78.1 Å². The molecule has 1 nitrogen and oxygen atoms in total. The van der Waals surface area contributed by atoms with E-state index >= 15 is 0 Å². The summed E-state index contributed by atoms with van der Waals surface area (Å²) in [6, 6.07) is 0. The molecule has 0 atom stereocenters. The quantitative estimate of drug-likeness (QED) is 0.330. The van der Waals surface area contributed by atoms with Crippen molar-refractivity contribution in [3.8, 4) is 0 Å². The van der Waals surface area contributed by atoms with Crippen molar-refractivity contribution in [2.75, 3.05) is 27.7 Å². The molecule has 0 aromatic heterocycles. The monoisotopic (exact) mass is 256 g/mol. The fourth-order valence-corrected chi connectivity index (χ4v) is 2.38. The number of hydrogen-bond acceptors (Lipinski definition) is 0. The molecule has 0 aliphatic heterocycles. The van der Waals surface area contributed by atoms with Crippen molar-refractivity contribution in [1.29, 1.82) is 0 Å². The van der Waals surface area contributed by atoms with Crippen molar-refractivity contribution in [2.24, 2.45) is 5.92 Å². The molecule has 0 unspecified atom stereocenters. The molecular weight excluding hydrogens is 218 g/mol. The Morgan fingerprint density at radius 3 is 1.39 bits per heavy atom. The van der Waals surface area contributed by atoms with Gasteiger partial charge in [-0.05, 0) is 18.8 Å². The SMILES string of the molecule is CC(C)CCCCCCCCCCC[N+](C)(C)C. The molecule has 0 heterocycles. The van der Waals surface area contributed by atoms with Crippen LogP contribution >= 0.6 is 0 Å². The summed E-state index contributed by atoms with van der Waals surface area (Å²) in [6.45, 7) is 5.99. The first-order chi connectivity index (χ1) is 8.42. The lowest BCUT2D eigenvalue weighted by Gasteiger charge is -2.23. The van der Waals surface area contributed by atoms with Gasteiger partial charge in [0.2, 0.25) is 0 Å². The topological polar surface area (TPSA) is 0 Å². The molecule has 0 spiro atoms. The molecule has 0 aromatic carbocycles. The zero-order chi connectivity index (χ0) is 13.9. The molecule has 0 N–H and O–H groups in total. The van der Waals surface area contributed by atoms with E-state index in [-0.39, 0.29) is 0 Å². The van der Waals surface area contributed by atoms with Crippen LogP contribution in [0.15, 0.2) is 0 Å². The highest BCUT2D eigenvalue weighted by Crippen LogP contribution is 2.13. The maximum absolute atomic E-state index is 2.33. The van der Waals surface area contributed by atoms with Gasteiger partial charge in [-0.15, -0.1) is 0 Å². The van der Waals surface area contributed by atoms with Gasteiger partial charge in [-0.2, -0.15) is 0 Å². The van der Waals surface area contributed by atoms with Crippen LogP contribution in [-0.2, 0) is 0 Å². The van der Waals surface area contributed by atoms with Gasteiger partial charge >= 0.3 is 0 Å². The summed E-state index contributed by atoms with van der Waals surface area (Å²) in [5.41, 5.74) is 0. The average Bonchev–Trinajstić information content (AvgIpc) is 2.24. The molecule has 0 amide bonds. The smallest absolute Gasteiger partial charge is 0.0780 e. The third kappa shape index (κ3) is 16.0. The Bertz CT molecular complexity index is 167. The van der Waals surface area contributed by atoms with Gasteiger partial charge in [-0.25, -0.2) is 0 Å². The third-order valence-corrected chi connectivity index (χ3v) is 3.61. The standard InChI is InChI=1S/C17H38N/c1-17(2)15-13-11-9-7-6-8-10-12-14-16-18(3,4)5/h17H,6-16H2,1-5H3/q+1. The molecular formula is C17H38N+. The zero-order valence-corrected chi connectivity index (χ0v) is 13.8. The van der Waals surface area contributed by atoms with Crippen LogP contribution in [-0.4, -0.2) is 32.2 Å². The minimum atomic E-state index is 0.895. The van der Waals surface area contributed by atoms with Crippen molar-refractivity contribution in [3.05, 3.63) is 0 Å². The van der Waals surface area contributed by atoms with E-state index in [0.29, 0.717) is 0 Å². The van der Waals surface area contributed by atoms with E-state index < -0.39 is 0 Å². The van der Waals surface area contributed by atoms with Crippen molar-refractivity contribution in [3.63, 3.8) is 0 Å². The second-order valence-electron chi connectivity index (χ2n) is 7.38. The largest absolute Gasteiger partial charge is 0.331 e.